The lowest BCUT2D eigenvalue weighted by Crippen LogP contribution is -2.35. The summed E-state index contributed by atoms with van der Waals surface area (Å²) in [7, 11) is 0. The minimum absolute atomic E-state index is 0.120. The highest BCUT2D eigenvalue weighted by atomic mass is 127. The molecule has 112 valence electrons. The first-order chi connectivity index (χ1) is 10.5. The fraction of sp³-hybridized carbons (Fsp3) is 0.0667. The highest BCUT2D eigenvalue weighted by Crippen LogP contribution is 2.13. The second kappa shape index (κ2) is 5.64. The van der Waals surface area contributed by atoms with Gasteiger partial charge in [-0.15, -0.1) is 0 Å². The third-order valence-electron chi connectivity index (χ3n) is 3.29. The van der Waals surface area contributed by atoms with E-state index < -0.39 is 22.9 Å². The molecule has 0 saturated heterocycles. The van der Waals surface area contributed by atoms with Gasteiger partial charge >= 0.3 is 5.69 Å². The summed E-state index contributed by atoms with van der Waals surface area (Å²) in [6, 6.07) is 8.05. The van der Waals surface area contributed by atoms with Gasteiger partial charge in [-0.05, 0) is 52.9 Å². The van der Waals surface area contributed by atoms with Crippen LogP contribution in [0.5, 0.6) is 0 Å². The zero-order valence-electron chi connectivity index (χ0n) is 11.1. The minimum atomic E-state index is -0.707. The van der Waals surface area contributed by atoms with E-state index in [-0.39, 0.29) is 23.0 Å². The molecule has 0 amide bonds. The molecular formula is C15H9F2IN2O2. The Kier molecular flexibility index (Phi) is 3.81. The van der Waals surface area contributed by atoms with E-state index >= 15 is 0 Å². The van der Waals surface area contributed by atoms with Gasteiger partial charge < -0.3 is 4.98 Å². The lowest BCUT2D eigenvalue weighted by atomic mass is 10.2. The van der Waals surface area contributed by atoms with Crippen molar-refractivity contribution in [3.8, 4) is 0 Å². The molecule has 1 aromatic heterocycles. The van der Waals surface area contributed by atoms with E-state index in [1.807, 2.05) is 22.6 Å². The second-order valence-corrected chi connectivity index (χ2v) is 5.99. The van der Waals surface area contributed by atoms with Gasteiger partial charge in [-0.3, -0.25) is 9.36 Å². The monoisotopic (exact) mass is 414 g/mol. The Morgan fingerprint density at radius 1 is 1.09 bits per heavy atom. The van der Waals surface area contributed by atoms with Crippen LogP contribution in [0.2, 0.25) is 0 Å². The zero-order valence-corrected chi connectivity index (χ0v) is 13.2. The van der Waals surface area contributed by atoms with E-state index in [2.05, 4.69) is 4.98 Å². The number of aromatic nitrogens is 2. The molecule has 0 aliphatic heterocycles. The molecule has 0 aliphatic carbocycles. The third-order valence-corrected chi connectivity index (χ3v) is 3.96. The minimum Gasteiger partial charge on any atom is -0.307 e. The number of benzene rings is 2. The van der Waals surface area contributed by atoms with Crippen LogP contribution < -0.4 is 11.2 Å². The van der Waals surface area contributed by atoms with Crippen LogP contribution in [0.25, 0.3) is 10.9 Å². The van der Waals surface area contributed by atoms with Crippen molar-refractivity contribution >= 4 is 33.5 Å². The number of hydrogen-bond donors (Lipinski definition) is 1. The highest BCUT2D eigenvalue weighted by Gasteiger charge is 2.11. The molecule has 0 spiro atoms. The Balaban J connectivity index is 2.17. The number of fused-ring (bicyclic) bond motifs is 1. The van der Waals surface area contributed by atoms with Gasteiger partial charge in [0.2, 0.25) is 0 Å². The molecule has 0 atom stereocenters. The van der Waals surface area contributed by atoms with E-state index in [0.29, 0.717) is 3.57 Å². The molecule has 4 nitrogen and oxygen atoms in total. The summed E-state index contributed by atoms with van der Waals surface area (Å²) in [6.45, 7) is -0.190. The number of nitrogens with zero attached hydrogens (tertiary/aromatic N) is 1. The molecular weight excluding hydrogens is 405 g/mol. The molecule has 0 unspecified atom stereocenters. The van der Waals surface area contributed by atoms with Crippen LogP contribution in [0.15, 0.2) is 46.0 Å². The van der Waals surface area contributed by atoms with Crippen LogP contribution in [0, 0.1) is 15.2 Å². The average Bonchev–Trinajstić information content (AvgIpc) is 2.45. The number of halogens is 3. The molecule has 0 aliphatic rings. The standard InChI is InChI=1S/C15H9F2IN2O2/c16-9-2-4-11-13(5-9)19-15(22)20(14(11)21)7-8-1-3-10(18)6-12(8)17/h1-6H,7H2,(H,19,22). The van der Waals surface area contributed by atoms with Crippen molar-refractivity contribution in [2.24, 2.45) is 0 Å². The van der Waals surface area contributed by atoms with Crippen LogP contribution in [0.3, 0.4) is 0 Å². The number of H-pyrrole nitrogens is 1. The first-order valence-electron chi connectivity index (χ1n) is 6.32. The topological polar surface area (TPSA) is 54.9 Å². The molecule has 3 aromatic rings. The van der Waals surface area contributed by atoms with E-state index in [4.69, 9.17) is 0 Å². The van der Waals surface area contributed by atoms with Gasteiger partial charge in [0.25, 0.3) is 5.56 Å². The fourth-order valence-electron chi connectivity index (χ4n) is 2.19. The number of hydrogen-bond acceptors (Lipinski definition) is 2. The molecule has 3 rings (SSSR count). The summed E-state index contributed by atoms with van der Waals surface area (Å²) < 4.78 is 28.7. The van der Waals surface area contributed by atoms with Gasteiger partial charge in [-0.25, -0.2) is 13.6 Å². The summed E-state index contributed by atoms with van der Waals surface area (Å²) in [5.41, 5.74) is -0.943. The number of aromatic amines is 1. The van der Waals surface area contributed by atoms with Crippen molar-refractivity contribution in [2.75, 3.05) is 0 Å². The van der Waals surface area contributed by atoms with Crippen molar-refractivity contribution in [1.82, 2.24) is 9.55 Å². The summed E-state index contributed by atoms with van der Waals surface area (Å²) in [5.74, 6) is -1.04. The number of rotatable bonds is 2. The van der Waals surface area contributed by atoms with Crippen molar-refractivity contribution in [1.29, 1.82) is 0 Å². The van der Waals surface area contributed by atoms with Crippen LogP contribution >= 0.6 is 22.6 Å². The predicted octanol–water partition coefficient (Wildman–Crippen LogP) is 2.62. The Hall–Kier alpha value is -2.03. The third kappa shape index (κ3) is 2.68. The van der Waals surface area contributed by atoms with Crippen molar-refractivity contribution in [3.05, 3.63) is 78.0 Å². The predicted molar refractivity (Wildman–Crippen MR) is 87.0 cm³/mol. The maximum absolute atomic E-state index is 13.9. The SMILES string of the molecule is O=c1[nH]c2cc(F)ccc2c(=O)n1Cc1ccc(I)cc1F. The van der Waals surface area contributed by atoms with Gasteiger partial charge in [-0.1, -0.05) is 6.07 Å². The summed E-state index contributed by atoms with van der Waals surface area (Å²) in [5, 5.41) is 0.173. The van der Waals surface area contributed by atoms with Crippen molar-refractivity contribution in [3.63, 3.8) is 0 Å². The summed E-state index contributed by atoms with van der Waals surface area (Å²) in [6.07, 6.45) is 0. The maximum Gasteiger partial charge on any atom is 0.329 e. The van der Waals surface area contributed by atoms with Crippen molar-refractivity contribution < 1.29 is 8.78 Å². The Bertz CT molecular complexity index is 995. The van der Waals surface area contributed by atoms with Crippen LogP contribution in [-0.2, 0) is 6.54 Å². The molecule has 7 heteroatoms. The Labute approximate surface area is 136 Å². The quantitative estimate of drug-likeness (QED) is 0.656. The average molecular weight is 414 g/mol. The van der Waals surface area contributed by atoms with Gasteiger partial charge in [0.15, 0.2) is 0 Å². The largest absolute Gasteiger partial charge is 0.329 e. The molecule has 2 aromatic carbocycles. The molecule has 0 radical (unpaired) electrons. The smallest absolute Gasteiger partial charge is 0.307 e. The second-order valence-electron chi connectivity index (χ2n) is 4.75. The Morgan fingerprint density at radius 2 is 1.86 bits per heavy atom. The molecule has 22 heavy (non-hydrogen) atoms. The normalized spacial score (nSPS) is 11.0. The fourth-order valence-corrected chi connectivity index (χ4v) is 2.64. The molecule has 1 N–H and O–H groups in total. The lowest BCUT2D eigenvalue weighted by molar-refractivity contribution is 0.589. The molecule has 0 fully saturated rings. The first-order valence-corrected chi connectivity index (χ1v) is 7.40. The van der Waals surface area contributed by atoms with Gasteiger partial charge in [0, 0.05) is 9.13 Å². The van der Waals surface area contributed by atoms with Crippen molar-refractivity contribution in [2.45, 2.75) is 6.54 Å². The zero-order chi connectivity index (χ0) is 15.9. The van der Waals surface area contributed by atoms with Gasteiger partial charge in [0.05, 0.1) is 17.4 Å². The van der Waals surface area contributed by atoms with Crippen LogP contribution in [0.1, 0.15) is 5.56 Å². The molecule has 0 bridgehead atoms. The van der Waals surface area contributed by atoms with E-state index in [0.717, 1.165) is 16.7 Å². The Morgan fingerprint density at radius 3 is 2.59 bits per heavy atom. The lowest BCUT2D eigenvalue weighted by Gasteiger charge is -2.08. The van der Waals surface area contributed by atoms with Gasteiger partial charge in [0.1, 0.15) is 11.6 Å². The highest BCUT2D eigenvalue weighted by molar-refractivity contribution is 14.1. The van der Waals surface area contributed by atoms with E-state index in [1.165, 1.54) is 18.2 Å². The van der Waals surface area contributed by atoms with Gasteiger partial charge in [-0.2, -0.15) is 0 Å². The number of nitrogens with one attached hydrogen (secondary N) is 1. The maximum atomic E-state index is 13.9. The van der Waals surface area contributed by atoms with E-state index in [9.17, 15) is 18.4 Å². The molecule has 1 heterocycles. The van der Waals surface area contributed by atoms with Crippen LogP contribution in [-0.4, -0.2) is 9.55 Å². The summed E-state index contributed by atoms with van der Waals surface area (Å²) >= 11 is 1.97. The van der Waals surface area contributed by atoms with Crippen LogP contribution in [0.4, 0.5) is 8.78 Å². The van der Waals surface area contributed by atoms with E-state index in [1.54, 1.807) is 6.07 Å². The molecule has 0 saturated carbocycles. The first kappa shape index (κ1) is 14.9. The summed E-state index contributed by atoms with van der Waals surface area (Å²) in [4.78, 5) is 26.8.